The molecule has 7 nitrogen and oxygen atoms in total. The molecule has 1 heterocycles. The van der Waals surface area contributed by atoms with Crippen LogP contribution in [0, 0.1) is 5.92 Å². The van der Waals surface area contributed by atoms with Crippen LogP contribution < -0.4 is 15.8 Å². The van der Waals surface area contributed by atoms with Crippen LogP contribution in [0.3, 0.4) is 0 Å². The molecule has 1 aliphatic carbocycles. The molecule has 1 aromatic rings. The SMILES string of the molecule is COc1ncc(C(=O)N[C@@H]2CC=CC[C@H]2C(N)=O)cn1. The molecule has 0 bridgehead atoms. The van der Waals surface area contributed by atoms with Crippen LogP contribution in [0.1, 0.15) is 23.2 Å². The van der Waals surface area contributed by atoms with Gasteiger partial charge in [-0.15, -0.1) is 0 Å². The second-order valence-corrected chi connectivity index (χ2v) is 4.49. The van der Waals surface area contributed by atoms with E-state index >= 15 is 0 Å². The lowest BCUT2D eigenvalue weighted by atomic mass is 9.88. The van der Waals surface area contributed by atoms with Crippen molar-refractivity contribution in [3.8, 4) is 6.01 Å². The fraction of sp³-hybridized carbons (Fsp3) is 0.385. The Kier molecular flexibility index (Phi) is 4.29. The minimum Gasteiger partial charge on any atom is -0.467 e. The van der Waals surface area contributed by atoms with Gasteiger partial charge in [0.05, 0.1) is 18.6 Å². The number of hydrogen-bond donors (Lipinski definition) is 2. The maximum absolute atomic E-state index is 12.1. The summed E-state index contributed by atoms with van der Waals surface area (Å²) in [5.41, 5.74) is 5.65. The highest BCUT2D eigenvalue weighted by Crippen LogP contribution is 2.19. The number of nitrogens with two attached hydrogens (primary N) is 1. The number of allylic oxidation sites excluding steroid dienone is 1. The zero-order chi connectivity index (χ0) is 14.5. The Hall–Kier alpha value is -2.44. The van der Waals surface area contributed by atoms with E-state index in [1.807, 2.05) is 12.2 Å². The summed E-state index contributed by atoms with van der Waals surface area (Å²) in [6.45, 7) is 0. The second-order valence-electron chi connectivity index (χ2n) is 4.49. The van der Waals surface area contributed by atoms with Gasteiger partial charge in [-0.2, -0.15) is 0 Å². The van der Waals surface area contributed by atoms with E-state index in [-0.39, 0.29) is 23.9 Å². The van der Waals surface area contributed by atoms with Crippen LogP contribution in [0.2, 0.25) is 0 Å². The van der Waals surface area contributed by atoms with Crippen molar-refractivity contribution in [2.45, 2.75) is 18.9 Å². The zero-order valence-corrected chi connectivity index (χ0v) is 11.1. The van der Waals surface area contributed by atoms with E-state index in [1.54, 1.807) is 0 Å². The number of aromatic nitrogens is 2. The topological polar surface area (TPSA) is 107 Å². The Morgan fingerprint density at radius 1 is 1.30 bits per heavy atom. The first kappa shape index (κ1) is 14.0. The largest absolute Gasteiger partial charge is 0.467 e. The molecule has 0 fully saturated rings. The molecular formula is C13H16N4O3. The molecule has 2 rings (SSSR count). The molecule has 20 heavy (non-hydrogen) atoms. The van der Waals surface area contributed by atoms with Crippen molar-refractivity contribution in [1.29, 1.82) is 0 Å². The van der Waals surface area contributed by atoms with Crippen LogP contribution in [0.15, 0.2) is 24.5 Å². The van der Waals surface area contributed by atoms with Gasteiger partial charge in [-0.05, 0) is 12.8 Å². The summed E-state index contributed by atoms with van der Waals surface area (Å²) in [6, 6.07) is -0.107. The number of rotatable bonds is 4. The van der Waals surface area contributed by atoms with Crippen LogP contribution >= 0.6 is 0 Å². The summed E-state index contributed by atoms with van der Waals surface area (Å²) >= 11 is 0. The number of ether oxygens (including phenoxy) is 1. The van der Waals surface area contributed by atoms with Gasteiger partial charge in [0.2, 0.25) is 5.91 Å². The van der Waals surface area contributed by atoms with Gasteiger partial charge in [0.15, 0.2) is 0 Å². The van der Waals surface area contributed by atoms with Crippen LogP contribution in [0.25, 0.3) is 0 Å². The maximum atomic E-state index is 12.1. The average Bonchev–Trinajstić information content (AvgIpc) is 2.47. The van der Waals surface area contributed by atoms with Crippen LogP contribution in [0.4, 0.5) is 0 Å². The Morgan fingerprint density at radius 3 is 2.55 bits per heavy atom. The van der Waals surface area contributed by atoms with Gasteiger partial charge in [0.25, 0.3) is 5.91 Å². The number of hydrogen-bond acceptors (Lipinski definition) is 5. The van der Waals surface area contributed by atoms with Gasteiger partial charge >= 0.3 is 6.01 Å². The van der Waals surface area contributed by atoms with Gasteiger partial charge in [0.1, 0.15) is 0 Å². The van der Waals surface area contributed by atoms with E-state index in [9.17, 15) is 9.59 Å². The molecule has 106 valence electrons. The molecule has 0 saturated heterocycles. The van der Waals surface area contributed by atoms with Crippen molar-refractivity contribution < 1.29 is 14.3 Å². The average molecular weight is 276 g/mol. The standard InChI is InChI=1S/C13H16N4O3/c1-20-13-15-6-8(7-16-13)12(19)17-10-5-3-2-4-9(10)11(14)18/h2-3,6-7,9-10H,4-5H2,1H3,(H2,14,18)(H,17,19)/t9-,10-/m1/s1. The zero-order valence-electron chi connectivity index (χ0n) is 11.1. The predicted molar refractivity (Wildman–Crippen MR) is 70.9 cm³/mol. The third-order valence-corrected chi connectivity index (χ3v) is 3.19. The van der Waals surface area contributed by atoms with Crippen molar-refractivity contribution >= 4 is 11.8 Å². The summed E-state index contributed by atoms with van der Waals surface area (Å²) in [6.07, 6.45) is 7.69. The number of carbonyl (C=O) groups is 2. The molecule has 0 unspecified atom stereocenters. The maximum Gasteiger partial charge on any atom is 0.316 e. The van der Waals surface area contributed by atoms with Crippen molar-refractivity contribution in [2.75, 3.05) is 7.11 Å². The van der Waals surface area contributed by atoms with Crippen molar-refractivity contribution in [1.82, 2.24) is 15.3 Å². The van der Waals surface area contributed by atoms with Crippen LogP contribution in [-0.4, -0.2) is 34.9 Å². The molecule has 0 spiro atoms. The van der Waals surface area contributed by atoms with E-state index in [0.717, 1.165) is 0 Å². The molecule has 2 atom stereocenters. The number of nitrogens with zero attached hydrogens (tertiary/aromatic N) is 2. The third kappa shape index (κ3) is 3.11. The Bertz CT molecular complexity index is 527. The lowest BCUT2D eigenvalue weighted by Gasteiger charge is -2.26. The van der Waals surface area contributed by atoms with Gasteiger partial charge < -0.3 is 15.8 Å². The highest BCUT2D eigenvalue weighted by Gasteiger charge is 2.28. The lowest BCUT2D eigenvalue weighted by molar-refractivity contribution is -0.122. The third-order valence-electron chi connectivity index (χ3n) is 3.19. The van der Waals surface area contributed by atoms with Crippen molar-refractivity contribution in [3.63, 3.8) is 0 Å². The number of nitrogens with one attached hydrogen (secondary N) is 1. The molecule has 0 saturated carbocycles. The fourth-order valence-corrected chi connectivity index (χ4v) is 2.08. The molecule has 0 radical (unpaired) electrons. The first-order valence-corrected chi connectivity index (χ1v) is 6.23. The highest BCUT2D eigenvalue weighted by molar-refractivity contribution is 5.94. The molecule has 1 aromatic heterocycles. The number of carbonyl (C=O) groups excluding carboxylic acids is 2. The smallest absolute Gasteiger partial charge is 0.316 e. The molecular weight excluding hydrogens is 260 g/mol. The van der Waals surface area contributed by atoms with Gasteiger partial charge in [-0.25, -0.2) is 9.97 Å². The number of primary amides is 1. The van der Waals surface area contributed by atoms with Gasteiger partial charge in [-0.1, -0.05) is 12.2 Å². The quantitative estimate of drug-likeness (QED) is 0.755. The summed E-state index contributed by atoms with van der Waals surface area (Å²) in [7, 11) is 1.45. The van der Waals surface area contributed by atoms with Crippen LogP contribution in [-0.2, 0) is 4.79 Å². The highest BCUT2D eigenvalue weighted by atomic mass is 16.5. The molecule has 0 aliphatic heterocycles. The summed E-state index contributed by atoms with van der Waals surface area (Å²) < 4.78 is 4.82. The van der Waals surface area contributed by atoms with E-state index in [1.165, 1.54) is 19.5 Å². The Balaban J connectivity index is 2.05. The van der Waals surface area contributed by atoms with E-state index in [2.05, 4.69) is 15.3 Å². The fourth-order valence-electron chi connectivity index (χ4n) is 2.08. The molecule has 0 aromatic carbocycles. The summed E-state index contributed by atoms with van der Waals surface area (Å²) in [5.74, 6) is -1.13. The summed E-state index contributed by atoms with van der Waals surface area (Å²) in [5, 5.41) is 2.79. The molecule has 2 amide bonds. The van der Waals surface area contributed by atoms with E-state index < -0.39 is 5.91 Å². The van der Waals surface area contributed by atoms with Gasteiger partial charge in [0, 0.05) is 18.4 Å². The molecule has 3 N–H and O–H groups in total. The Morgan fingerprint density at radius 2 is 1.95 bits per heavy atom. The number of amides is 2. The lowest BCUT2D eigenvalue weighted by Crippen LogP contribution is -2.46. The summed E-state index contributed by atoms with van der Waals surface area (Å²) in [4.78, 5) is 31.2. The molecule has 7 heteroatoms. The first-order chi connectivity index (χ1) is 9.61. The normalized spacial score (nSPS) is 21.2. The molecule has 1 aliphatic rings. The Labute approximate surface area is 116 Å². The van der Waals surface area contributed by atoms with Gasteiger partial charge in [-0.3, -0.25) is 9.59 Å². The van der Waals surface area contributed by atoms with E-state index in [4.69, 9.17) is 10.5 Å². The predicted octanol–water partition coefficient (Wildman–Crippen LogP) is 0.0351. The number of methoxy groups -OCH3 is 1. The second kappa shape index (κ2) is 6.14. The minimum atomic E-state index is -0.411. The van der Waals surface area contributed by atoms with Crippen LogP contribution in [0.5, 0.6) is 6.01 Å². The van der Waals surface area contributed by atoms with Crippen molar-refractivity contribution in [2.24, 2.45) is 11.7 Å². The minimum absolute atomic E-state index is 0.192. The first-order valence-electron chi connectivity index (χ1n) is 6.23. The monoisotopic (exact) mass is 276 g/mol. The van der Waals surface area contributed by atoms with E-state index in [0.29, 0.717) is 18.4 Å². The van der Waals surface area contributed by atoms with Crippen molar-refractivity contribution in [3.05, 3.63) is 30.1 Å².